The molecule has 2 aliphatic rings. The Morgan fingerprint density at radius 1 is 0.663 bits per heavy atom. The quantitative estimate of drug-likeness (QED) is 0.0249. The van der Waals surface area contributed by atoms with E-state index in [9.17, 15) is 63.6 Å². The van der Waals surface area contributed by atoms with Gasteiger partial charge >= 0.3 is 17.9 Å². The molecule has 1 aromatic heterocycles. The van der Waals surface area contributed by atoms with E-state index in [1.54, 1.807) is 74.6 Å². The molecule has 10 amide bonds. The van der Waals surface area contributed by atoms with Crippen LogP contribution in [0, 0.1) is 5.92 Å². The van der Waals surface area contributed by atoms with E-state index in [0.29, 0.717) is 34.0 Å². The second kappa shape index (κ2) is 37.4. The van der Waals surface area contributed by atoms with Crippen LogP contribution in [0.15, 0.2) is 85.1 Å². The SMILES string of the molecule is CC(C)[C@H](NC(=O)[C@@H]1CSSC[C@H](NC(=O)[C@H](CC(=O)O)NC(=O)[C@@H]2CCCN2C(=O)[C@@H](NC(=O)[C@@H](N)CCC(=O)O)[C@@H](C)O)C(=O)N[C@@H](Cc2ccccc2)C(=O)N[C@@H](Cc2c[nH]c3ccccc23)C(=O)N[C@@H](CCCCN)C(=O)N[C@@H](Cc2ccc(O)cc2)C(=O)N1C)C(=O)O. The van der Waals surface area contributed by atoms with Crippen LogP contribution in [0.25, 0.3) is 10.9 Å². The van der Waals surface area contributed by atoms with E-state index in [-0.39, 0.29) is 76.0 Å². The summed E-state index contributed by atoms with van der Waals surface area (Å²) >= 11 is 0. The molecule has 33 heteroatoms. The number of fused-ring (bicyclic) bond motifs is 1. The molecule has 98 heavy (non-hydrogen) atoms. The van der Waals surface area contributed by atoms with Crippen molar-refractivity contribution in [3.8, 4) is 5.75 Å². The number of para-hydroxylation sites is 1. The van der Waals surface area contributed by atoms with Crippen LogP contribution >= 0.6 is 21.6 Å². The molecule has 3 aromatic carbocycles. The van der Waals surface area contributed by atoms with Gasteiger partial charge in [0.25, 0.3) is 0 Å². The highest BCUT2D eigenvalue weighted by atomic mass is 33.1. The number of rotatable bonds is 27. The number of aromatic hydroxyl groups is 1. The number of nitrogens with two attached hydrogens (primary N) is 2. The zero-order chi connectivity index (χ0) is 71.9. The number of amides is 10. The number of aliphatic hydroxyl groups is 1. The van der Waals surface area contributed by atoms with Gasteiger partial charge in [0.15, 0.2) is 0 Å². The van der Waals surface area contributed by atoms with E-state index in [4.69, 9.17) is 16.6 Å². The maximum absolute atomic E-state index is 15.2. The third kappa shape index (κ3) is 22.6. The number of carboxylic acid groups (broad SMARTS) is 3. The number of aliphatic carboxylic acids is 3. The monoisotopic (exact) mass is 1400 g/mol. The van der Waals surface area contributed by atoms with Crippen LogP contribution in [-0.4, -0.2) is 222 Å². The number of hydrogen-bond acceptors (Lipinski definition) is 19. The summed E-state index contributed by atoms with van der Waals surface area (Å²) in [5.74, 6) is -15.8. The van der Waals surface area contributed by atoms with Crippen LogP contribution < -0.4 is 54.0 Å². The lowest BCUT2D eigenvalue weighted by Crippen LogP contribution is -2.62. The summed E-state index contributed by atoms with van der Waals surface area (Å²) < 4.78 is 0. The zero-order valence-electron chi connectivity index (χ0n) is 54.6. The van der Waals surface area contributed by atoms with Crippen LogP contribution in [0.2, 0.25) is 0 Å². The molecule has 2 saturated heterocycles. The second-order valence-electron chi connectivity index (χ2n) is 24.4. The Morgan fingerprint density at radius 3 is 1.90 bits per heavy atom. The van der Waals surface area contributed by atoms with E-state index in [2.05, 4.69) is 47.5 Å². The van der Waals surface area contributed by atoms with E-state index in [1.165, 1.54) is 38.2 Å². The highest BCUT2D eigenvalue weighted by Crippen LogP contribution is 2.27. The largest absolute Gasteiger partial charge is 0.508 e. The van der Waals surface area contributed by atoms with Gasteiger partial charge in [-0.2, -0.15) is 0 Å². The van der Waals surface area contributed by atoms with Crippen molar-refractivity contribution in [2.24, 2.45) is 17.4 Å². The number of aromatic nitrogens is 1. The van der Waals surface area contributed by atoms with Crippen LogP contribution in [0.5, 0.6) is 5.75 Å². The van der Waals surface area contributed by atoms with E-state index in [0.717, 1.165) is 31.4 Å². The molecule has 2 fully saturated rings. The van der Waals surface area contributed by atoms with Crippen molar-refractivity contribution in [2.75, 3.05) is 31.6 Å². The number of H-pyrrole nitrogens is 1. The number of carbonyl (C=O) groups is 13. The number of nitrogens with zero attached hydrogens (tertiary/aromatic N) is 2. The topological polar surface area (TPSA) is 494 Å². The summed E-state index contributed by atoms with van der Waals surface area (Å²) in [4.78, 5) is 188. The van der Waals surface area contributed by atoms with E-state index < -0.39 is 174 Å². The third-order valence-electron chi connectivity index (χ3n) is 16.6. The van der Waals surface area contributed by atoms with Crippen molar-refractivity contribution in [3.05, 3.63) is 102 Å². The average Bonchev–Trinajstić information content (AvgIpc) is 1.57. The molecule has 2 aliphatic heterocycles. The molecule has 0 unspecified atom stereocenters. The maximum Gasteiger partial charge on any atom is 0.326 e. The Labute approximate surface area is 572 Å². The number of phenols is 1. The predicted octanol–water partition coefficient (Wildman–Crippen LogP) is -1.09. The lowest BCUT2D eigenvalue weighted by atomic mass is 10.00. The number of carboxylic acids is 3. The smallest absolute Gasteiger partial charge is 0.326 e. The summed E-state index contributed by atoms with van der Waals surface area (Å²) in [5.41, 5.74) is 13.9. The van der Waals surface area contributed by atoms with Crippen molar-refractivity contribution in [1.29, 1.82) is 0 Å². The van der Waals surface area contributed by atoms with Crippen LogP contribution in [0.4, 0.5) is 0 Å². The molecule has 31 nitrogen and oxygen atoms in total. The predicted molar refractivity (Wildman–Crippen MR) is 360 cm³/mol. The van der Waals surface area contributed by atoms with Crippen molar-refractivity contribution < 1.29 is 87.9 Å². The summed E-state index contributed by atoms with van der Waals surface area (Å²) in [6.07, 6.45) is -1.82. The fourth-order valence-electron chi connectivity index (χ4n) is 11.1. The maximum atomic E-state index is 15.2. The lowest BCUT2D eigenvalue weighted by molar-refractivity contribution is -0.145. The van der Waals surface area contributed by atoms with Crippen molar-refractivity contribution in [2.45, 2.75) is 164 Å². The van der Waals surface area contributed by atoms with Gasteiger partial charge in [0.05, 0.1) is 18.6 Å². The molecule has 532 valence electrons. The molecule has 12 atom stereocenters. The van der Waals surface area contributed by atoms with Gasteiger partial charge in [-0.05, 0) is 92.8 Å². The number of unbranched alkanes of at least 4 members (excludes halogenated alkanes) is 1. The molecule has 0 aliphatic carbocycles. The molecule has 4 aromatic rings. The highest BCUT2D eigenvalue weighted by Gasteiger charge is 2.43. The van der Waals surface area contributed by atoms with Gasteiger partial charge in [-0.15, -0.1) is 0 Å². The highest BCUT2D eigenvalue weighted by molar-refractivity contribution is 8.76. The van der Waals surface area contributed by atoms with Crippen molar-refractivity contribution in [1.82, 2.24) is 57.3 Å². The first-order valence-corrected chi connectivity index (χ1v) is 34.5. The molecule has 0 saturated carbocycles. The summed E-state index contributed by atoms with van der Waals surface area (Å²) in [5, 5.41) is 71.8. The Kier molecular flexibility index (Phi) is 29.7. The molecule has 0 bridgehead atoms. The molecule has 3 heterocycles. The minimum absolute atomic E-state index is 0.0419. The van der Waals surface area contributed by atoms with Crippen molar-refractivity contribution in [3.63, 3.8) is 0 Å². The Hall–Kier alpha value is -9.31. The number of likely N-dealkylation sites (tertiary alicyclic amines) is 1. The first-order valence-electron chi connectivity index (χ1n) is 32.0. The minimum Gasteiger partial charge on any atom is -0.508 e. The normalized spacial score (nSPS) is 21.6. The Morgan fingerprint density at radius 2 is 1.26 bits per heavy atom. The number of benzene rings is 3. The first-order chi connectivity index (χ1) is 46.6. The molecular weight excluding hydrogens is 1310 g/mol. The summed E-state index contributed by atoms with van der Waals surface area (Å²) in [6, 6.07) is 3.78. The third-order valence-corrected chi connectivity index (χ3v) is 19.1. The Balaban J connectivity index is 1.43. The summed E-state index contributed by atoms with van der Waals surface area (Å²) in [7, 11) is 2.94. The molecule has 18 N–H and O–H groups in total. The van der Waals surface area contributed by atoms with Gasteiger partial charge in [0, 0.05) is 67.9 Å². The van der Waals surface area contributed by atoms with Gasteiger partial charge < -0.3 is 94.3 Å². The molecular formula is C65H87N13O18S2. The Bertz CT molecular complexity index is 3490. The first kappa shape index (κ1) is 77.7. The average molecular weight is 1400 g/mol. The molecule has 0 radical (unpaired) electrons. The number of hydrogen-bond donors (Lipinski definition) is 16. The number of nitrogens with one attached hydrogen (secondary N) is 9. The van der Waals surface area contributed by atoms with Crippen LogP contribution in [0.3, 0.4) is 0 Å². The zero-order valence-corrected chi connectivity index (χ0v) is 56.2. The number of aromatic amines is 1. The number of phenolic OH excluding ortho intramolecular Hbond substituents is 1. The van der Waals surface area contributed by atoms with E-state index >= 15 is 19.2 Å². The molecule has 0 spiro atoms. The van der Waals surface area contributed by atoms with Gasteiger partial charge in [-0.3, -0.25) is 57.5 Å². The van der Waals surface area contributed by atoms with Gasteiger partial charge in [-0.25, -0.2) is 4.79 Å². The van der Waals surface area contributed by atoms with Crippen LogP contribution in [-0.2, 0) is 81.6 Å². The molecule has 6 rings (SSSR count). The fraction of sp³-hybridized carbons (Fsp3) is 0.492. The van der Waals surface area contributed by atoms with Gasteiger partial charge in [0.2, 0.25) is 59.1 Å². The number of likely N-dealkylation sites (N-methyl/N-ethyl adjacent to an activating group) is 1. The van der Waals surface area contributed by atoms with Gasteiger partial charge in [0.1, 0.15) is 66.2 Å². The number of aliphatic hydroxyl groups excluding tert-OH is 1. The summed E-state index contributed by atoms with van der Waals surface area (Å²) in [6.45, 7) is 4.34. The number of carbonyl (C=O) groups excluding carboxylic acids is 10. The minimum atomic E-state index is -2.00. The van der Waals surface area contributed by atoms with Crippen molar-refractivity contribution >= 4 is 109 Å². The lowest BCUT2D eigenvalue weighted by Gasteiger charge is -2.33. The van der Waals surface area contributed by atoms with Crippen LogP contribution in [0.1, 0.15) is 88.8 Å². The standard InChI is InChI=1S/C65H87N13O18S2/c1-34(2)53(65(95)96)75-62(92)50-33-98-97-32-48(74-59(89)46(30-52(83)84)72-61(91)49-18-12-26-78(49)64(94)54(35(3)79)76-55(85)41(67)23-24-51(81)82)60(90)70-44(27-36-13-6-5-7-14-36)57(87)71-45(29-38-31-68-42-16-9-8-15-40(38)42)58(88)69-43(17-10-11-25-66)56(86)73-47(63(93)77(50)4)28-37-19-21-39(80)22-20-37/h5-9,13-16,19-22,31,34-35,41,43-50,53-54,68,79-80H,10-12,17-18,23-30,32-33,66-67H2,1-4H3,(H,69,88)(H,70,90)(H,71,87)(H,72,91)(H,73,86)(H,74,89)(H,75,92)(H,76,85)(H,81,82)(H,83,84)(H,95,96)/t35-,41+,43+,44+,45+,46+,47+,48+,49+,50+,53+,54+/m1/s1. The van der Waals surface area contributed by atoms with E-state index in [1.807, 2.05) is 0 Å². The van der Waals surface area contributed by atoms with Gasteiger partial charge in [-0.1, -0.05) is 96.1 Å². The second-order valence-corrected chi connectivity index (χ2v) is 27.0. The fourth-order valence-corrected chi connectivity index (χ4v) is 13.5.